The van der Waals surface area contributed by atoms with Crippen molar-refractivity contribution in [3.05, 3.63) is 29.6 Å². The number of alkyl halides is 4. The molecule has 0 aliphatic carbocycles. The second kappa shape index (κ2) is 3.96. The van der Waals surface area contributed by atoms with E-state index in [-0.39, 0.29) is 11.6 Å². The number of ketones is 1. The number of carbonyl (C=O) groups excluding carboxylic acids is 1. The Kier molecular flexibility index (Phi) is 3.10. The van der Waals surface area contributed by atoms with Gasteiger partial charge in [-0.2, -0.15) is 13.2 Å². The summed E-state index contributed by atoms with van der Waals surface area (Å²) in [6, 6.07) is 1.48. The van der Waals surface area contributed by atoms with Gasteiger partial charge in [0.1, 0.15) is 5.69 Å². The molecule has 1 aromatic heterocycles. The molecule has 0 aliphatic heterocycles. The number of Topliss-reactive ketones (excluding diaryl/α,β-unsaturated/α-hetero) is 1. The van der Waals surface area contributed by atoms with E-state index in [1.807, 2.05) is 0 Å². The summed E-state index contributed by atoms with van der Waals surface area (Å²) in [6.07, 6.45) is -3.53. The van der Waals surface area contributed by atoms with E-state index in [2.05, 4.69) is 4.98 Å². The van der Waals surface area contributed by atoms with Gasteiger partial charge in [0.2, 0.25) is 0 Å². The minimum absolute atomic E-state index is 0.269. The molecule has 0 N–H and O–H groups in total. The van der Waals surface area contributed by atoms with Gasteiger partial charge in [0.15, 0.2) is 5.78 Å². The smallest absolute Gasteiger partial charge is 0.291 e. The predicted octanol–water partition coefficient (Wildman–Crippen LogP) is 2.52. The molecule has 0 aromatic carbocycles. The molecule has 0 atom stereocenters. The number of pyridine rings is 1. The fraction of sp³-hybridized carbons (Fsp3) is 0.250. The van der Waals surface area contributed by atoms with Gasteiger partial charge in [-0.3, -0.25) is 9.78 Å². The lowest BCUT2D eigenvalue weighted by Crippen LogP contribution is -2.09. The molecule has 0 amide bonds. The van der Waals surface area contributed by atoms with Crippen LogP contribution in [0.3, 0.4) is 0 Å². The van der Waals surface area contributed by atoms with Gasteiger partial charge in [-0.25, -0.2) is 0 Å². The molecular weight excluding hydrogens is 219 g/mol. The van der Waals surface area contributed by atoms with Crippen LogP contribution in [0.15, 0.2) is 18.3 Å². The highest BCUT2D eigenvalue weighted by molar-refractivity contribution is 6.30. The van der Waals surface area contributed by atoms with Crippen LogP contribution in [-0.4, -0.2) is 16.6 Å². The molecular formula is C8H5ClF3NO. The highest BCUT2D eigenvalue weighted by Gasteiger charge is 2.31. The maximum Gasteiger partial charge on any atom is 0.416 e. The first-order valence-corrected chi connectivity index (χ1v) is 4.11. The number of hydrogen-bond donors (Lipinski definition) is 0. The molecule has 14 heavy (non-hydrogen) atoms. The van der Waals surface area contributed by atoms with Crippen molar-refractivity contribution in [1.29, 1.82) is 0 Å². The zero-order chi connectivity index (χ0) is 10.8. The molecule has 0 unspecified atom stereocenters. The molecule has 0 saturated heterocycles. The number of rotatable bonds is 2. The van der Waals surface area contributed by atoms with Crippen LogP contribution >= 0.6 is 11.6 Å². The maximum absolute atomic E-state index is 12.2. The van der Waals surface area contributed by atoms with E-state index >= 15 is 0 Å². The van der Waals surface area contributed by atoms with Crippen molar-refractivity contribution in [3.63, 3.8) is 0 Å². The van der Waals surface area contributed by atoms with Gasteiger partial charge in [0.05, 0.1) is 11.4 Å². The van der Waals surface area contributed by atoms with Gasteiger partial charge in [-0.1, -0.05) is 0 Å². The molecule has 0 aliphatic rings. The van der Waals surface area contributed by atoms with Gasteiger partial charge in [0.25, 0.3) is 0 Å². The Morgan fingerprint density at radius 2 is 2.14 bits per heavy atom. The van der Waals surface area contributed by atoms with E-state index in [9.17, 15) is 18.0 Å². The van der Waals surface area contributed by atoms with Crippen LogP contribution in [0.1, 0.15) is 16.1 Å². The van der Waals surface area contributed by atoms with Crippen LogP contribution in [0, 0.1) is 0 Å². The number of halogens is 4. The molecule has 0 spiro atoms. The van der Waals surface area contributed by atoms with Gasteiger partial charge in [0, 0.05) is 6.20 Å². The minimum Gasteiger partial charge on any atom is -0.291 e. The fourth-order valence-corrected chi connectivity index (χ4v) is 0.965. The van der Waals surface area contributed by atoms with Crippen LogP contribution in [0.5, 0.6) is 0 Å². The topological polar surface area (TPSA) is 30.0 Å². The molecule has 2 nitrogen and oxygen atoms in total. The Bertz CT molecular complexity index is 351. The van der Waals surface area contributed by atoms with Crippen molar-refractivity contribution < 1.29 is 18.0 Å². The first-order valence-electron chi connectivity index (χ1n) is 3.57. The summed E-state index contributed by atoms with van der Waals surface area (Å²) in [6.45, 7) is 0. The Labute approximate surface area is 82.7 Å². The van der Waals surface area contributed by atoms with Crippen molar-refractivity contribution in [1.82, 2.24) is 4.98 Å². The van der Waals surface area contributed by atoms with E-state index in [1.165, 1.54) is 0 Å². The zero-order valence-corrected chi connectivity index (χ0v) is 7.56. The van der Waals surface area contributed by atoms with Crippen molar-refractivity contribution >= 4 is 17.4 Å². The van der Waals surface area contributed by atoms with E-state index in [0.717, 1.165) is 12.3 Å². The van der Waals surface area contributed by atoms with E-state index in [4.69, 9.17) is 11.6 Å². The van der Waals surface area contributed by atoms with E-state index < -0.39 is 17.5 Å². The summed E-state index contributed by atoms with van der Waals surface area (Å²) in [5.74, 6) is -1.01. The Hall–Kier alpha value is -1.10. The highest BCUT2D eigenvalue weighted by Crippen LogP contribution is 2.28. The van der Waals surface area contributed by atoms with Crippen LogP contribution in [0.2, 0.25) is 0 Å². The predicted molar refractivity (Wildman–Crippen MR) is 44.3 cm³/mol. The van der Waals surface area contributed by atoms with Crippen LogP contribution in [0.4, 0.5) is 13.2 Å². The number of nitrogens with zero attached hydrogens (tertiary/aromatic N) is 1. The second-order valence-corrected chi connectivity index (χ2v) is 2.75. The summed E-state index contributed by atoms with van der Waals surface area (Å²) in [5.41, 5.74) is -1.17. The van der Waals surface area contributed by atoms with Crippen LogP contribution < -0.4 is 0 Å². The Balaban J connectivity index is 3.08. The summed E-state index contributed by atoms with van der Waals surface area (Å²) >= 11 is 5.18. The molecule has 0 saturated carbocycles. The standard InChI is InChI=1S/C8H5ClF3NO/c9-4-7(14)6-3-5(1-2-13-6)8(10,11)12/h1-3H,4H2. The molecule has 0 fully saturated rings. The van der Waals surface area contributed by atoms with E-state index in [1.54, 1.807) is 0 Å². The molecule has 76 valence electrons. The lowest BCUT2D eigenvalue weighted by molar-refractivity contribution is -0.137. The third kappa shape index (κ3) is 2.45. The Morgan fingerprint density at radius 1 is 1.50 bits per heavy atom. The molecule has 1 heterocycles. The lowest BCUT2D eigenvalue weighted by Gasteiger charge is -2.06. The van der Waals surface area contributed by atoms with Gasteiger partial charge in [-0.15, -0.1) is 11.6 Å². The zero-order valence-electron chi connectivity index (χ0n) is 6.81. The summed E-state index contributed by atoms with van der Waals surface area (Å²) in [5, 5.41) is 0. The summed E-state index contributed by atoms with van der Waals surface area (Å²) < 4.78 is 36.5. The highest BCUT2D eigenvalue weighted by atomic mass is 35.5. The largest absolute Gasteiger partial charge is 0.416 e. The number of aromatic nitrogens is 1. The fourth-order valence-electron chi connectivity index (χ4n) is 0.828. The average molecular weight is 224 g/mol. The van der Waals surface area contributed by atoms with Gasteiger partial charge < -0.3 is 0 Å². The van der Waals surface area contributed by atoms with Crippen molar-refractivity contribution in [3.8, 4) is 0 Å². The van der Waals surface area contributed by atoms with Gasteiger partial charge in [-0.05, 0) is 12.1 Å². The normalized spacial score (nSPS) is 11.4. The summed E-state index contributed by atoms with van der Waals surface area (Å²) in [4.78, 5) is 14.4. The number of carbonyl (C=O) groups is 1. The minimum atomic E-state index is -4.47. The third-order valence-electron chi connectivity index (χ3n) is 1.49. The molecule has 6 heteroatoms. The van der Waals surface area contributed by atoms with Crippen molar-refractivity contribution in [2.75, 3.05) is 5.88 Å². The SMILES string of the molecule is O=C(CCl)c1cc(C(F)(F)F)ccn1. The second-order valence-electron chi connectivity index (χ2n) is 2.48. The van der Waals surface area contributed by atoms with Crippen LogP contribution in [-0.2, 0) is 6.18 Å². The molecule has 0 bridgehead atoms. The third-order valence-corrected chi connectivity index (χ3v) is 1.74. The molecule has 1 rings (SSSR count). The molecule has 0 radical (unpaired) electrons. The van der Waals surface area contributed by atoms with Crippen molar-refractivity contribution in [2.24, 2.45) is 0 Å². The van der Waals surface area contributed by atoms with Crippen LogP contribution in [0.25, 0.3) is 0 Å². The van der Waals surface area contributed by atoms with Gasteiger partial charge >= 0.3 is 6.18 Å². The van der Waals surface area contributed by atoms with Crippen molar-refractivity contribution in [2.45, 2.75) is 6.18 Å². The monoisotopic (exact) mass is 223 g/mol. The number of hydrogen-bond acceptors (Lipinski definition) is 2. The Morgan fingerprint density at radius 3 is 2.64 bits per heavy atom. The summed E-state index contributed by atoms with van der Waals surface area (Å²) in [7, 11) is 0. The average Bonchev–Trinajstić information content (AvgIpc) is 2.15. The lowest BCUT2D eigenvalue weighted by atomic mass is 10.2. The first-order chi connectivity index (χ1) is 6.45. The van der Waals surface area contributed by atoms with E-state index in [0.29, 0.717) is 6.07 Å². The molecule has 1 aromatic rings. The maximum atomic E-state index is 12.2. The quantitative estimate of drug-likeness (QED) is 0.570. The first kappa shape index (κ1) is 11.0.